The number of amides is 3. The Morgan fingerprint density at radius 2 is 2.00 bits per heavy atom. The van der Waals surface area contributed by atoms with Gasteiger partial charge in [0.25, 0.3) is 5.91 Å². The molecule has 1 heterocycles. The van der Waals surface area contributed by atoms with Gasteiger partial charge in [0, 0.05) is 19.5 Å². The van der Waals surface area contributed by atoms with Crippen LogP contribution in [0.5, 0.6) is 5.75 Å². The van der Waals surface area contributed by atoms with Crippen LogP contribution in [0.2, 0.25) is 0 Å². The second kappa shape index (κ2) is 9.30. The number of ether oxygens (including phenoxy) is 1. The van der Waals surface area contributed by atoms with Crippen LogP contribution in [0.4, 0.5) is 11.4 Å². The van der Waals surface area contributed by atoms with Gasteiger partial charge in [0.2, 0.25) is 11.8 Å². The van der Waals surface area contributed by atoms with Gasteiger partial charge in [-0.2, -0.15) is 0 Å². The molecule has 0 fully saturated rings. The standard InChI is InChI=1S/C22H24BrN3O4/c1-14-8-9-19(16(23)10-14)30-13-22(29)25(3)12-21(28)26-15(2)11-20(27)24-17-6-4-5-7-18(17)26/h4-10,15H,11-13H2,1-3H3,(H,24,27)/t15-/m0/s1. The van der Waals surface area contributed by atoms with E-state index in [1.165, 1.54) is 4.90 Å². The Morgan fingerprint density at radius 3 is 2.73 bits per heavy atom. The van der Waals surface area contributed by atoms with Crippen LogP contribution in [0.15, 0.2) is 46.9 Å². The van der Waals surface area contributed by atoms with Crippen LogP contribution in [0.1, 0.15) is 18.9 Å². The summed E-state index contributed by atoms with van der Waals surface area (Å²) >= 11 is 3.42. The number of hydrogen-bond donors (Lipinski definition) is 1. The quantitative estimate of drug-likeness (QED) is 0.721. The third-order valence-corrected chi connectivity index (χ3v) is 5.48. The second-order valence-corrected chi connectivity index (χ2v) is 8.21. The molecular formula is C22H24BrN3O4. The van der Waals surface area contributed by atoms with Crippen LogP contribution < -0.4 is 15.0 Å². The summed E-state index contributed by atoms with van der Waals surface area (Å²) in [6, 6.07) is 12.4. The highest BCUT2D eigenvalue weighted by Gasteiger charge is 2.30. The SMILES string of the molecule is Cc1ccc(OCC(=O)N(C)CC(=O)N2c3ccccc3NC(=O)C[C@@H]2C)c(Br)c1. The first-order chi connectivity index (χ1) is 14.3. The van der Waals surface area contributed by atoms with E-state index in [0.29, 0.717) is 17.1 Å². The maximum Gasteiger partial charge on any atom is 0.260 e. The number of fused-ring (bicyclic) bond motifs is 1. The van der Waals surface area contributed by atoms with Gasteiger partial charge in [-0.25, -0.2) is 0 Å². The number of aryl methyl sites for hydroxylation is 1. The van der Waals surface area contributed by atoms with Gasteiger partial charge >= 0.3 is 0 Å². The largest absolute Gasteiger partial charge is 0.483 e. The Kier molecular flexibility index (Phi) is 6.77. The van der Waals surface area contributed by atoms with Gasteiger partial charge < -0.3 is 19.9 Å². The molecule has 3 rings (SSSR count). The zero-order chi connectivity index (χ0) is 21.8. The number of benzene rings is 2. The molecule has 0 aromatic heterocycles. The minimum absolute atomic E-state index is 0.121. The van der Waals surface area contributed by atoms with Gasteiger partial charge in [0.1, 0.15) is 5.75 Å². The summed E-state index contributed by atoms with van der Waals surface area (Å²) in [5.74, 6) is -0.167. The normalized spacial score (nSPS) is 15.7. The lowest BCUT2D eigenvalue weighted by Crippen LogP contribution is -2.46. The third-order valence-electron chi connectivity index (χ3n) is 4.86. The highest BCUT2D eigenvalue weighted by Crippen LogP contribution is 2.31. The van der Waals surface area contributed by atoms with Crippen molar-refractivity contribution in [1.29, 1.82) is 0 Å². The second-order valence-electron chi connectivity index (χ2n) is 7.35. The Hall–Kier alpha value is -2.87. The van der Waals surface area contributed by atoms with Crippen molar-refractivity contribution in [3.8, 4) is 5.75 Å². The number of anilines is 2. The van der Waals surface area contributed by atoms with Crippen LogP contribution in [-0.4, -0.2) is 48.9 Å². The van der Waals surface area contributed by atoms with E-state index in [1.54, 1.807) is 36.2 Å². The molecule has 0 saturated heterocycles. The van der Waals surface area contributed by atoms with E-state index < -0.39 is 0 Å². The van der Waals surface area contributed by atoms with Crippen LogP contribution >= 0.6 is 15.9 Å². The van der Waals surface area contributed by atoms with Crippen molar-refractivity contribution in [1.82, 2.24) is 4.90 Å². The lowest BCUT2D eigenvalue weighted by molar-refractivity contribution is -0.135. The molecule has 1 N–H and O–H groups in total. The van der Waals surface area contributed by atoms with Crippen molar-refractivity contribution in [3.05, 3.63) is 52.5 Å². The number of carbonyl (C=O) groups excluding carboxylic acids is 3. The van der Waals surface area contributed by atoms with Gasteiger partial charge in [-0.1, -0.05) is 18.2 Å². The third kappa shape index (κ3) is 4.99. The predicted octanol–water partition coefficient (Wildman–Crippen LogP) is 3.36. The van der Waals surface area contributed by atoms with Crippen molar-refractivity contribution in [2.24, 2.45) is 0 Å². The molecule has 0 radical (unpaired) electrons. The first kappa shape index (κ1) is 21.8. The molecule has 0 spiro atoms. The van der Waals surface area contributed by atoms with Gasteiger partial charge in [-0.15, -0.1) is 0 Å². The molecule has 0 aliphatic carbocycles. The van der Waals surface area contributed by atoms with Crippen LogP contribution in [0, 0.1) is 6.92 Å². The maximum absolute atomic E-state index is 13.1. The minimum atomic E-state index is -0.329. The maximum atomic E-state index is 13.1. The first-order valence-corrected chi connectivity index (χ1v) is 10.4. The lowest BCUT2D eigenvalue weighted by Gasteiger charge is -2.29. The Bertz CT molecular complexity index is 979. The zero-order valence-electron chi connectivity index (χ0n) is 17.1. The Morgan fingerprint density at radius 1 is 1.27 bits per heavy atom. The highest BCUT2D eigenvalue weighted by atomic mass is 79.9. The zero-order valence-corrected chi connectivity index (χ0v) is 18.7. The van der Waals surface area contributed by atoms with Crippen LogP contribution in [0.25, 0.3) is 0 Å². The summed E-state index contributed by atoms with van der Waals surface area (Å²) in [7, 11) is 1.56. The van der Waals surface area contributed by atoms with E-state index in [1.807, 2.05) is 32.0 Å². The topological polar surface area (TPSA) is 79.0 Å². The summed E-state index contributed by atoms with van der Waals surface area (Å²) < 4.78 is 6.36. The lowest BCUT2D eigenvalue weighted by atomic mass is 10.1. The van der Waals surface area contributed by atoms with Crippen LogP contribution in [-0.2, 0) is 14.4 Å². The average molecular weight is 474 g/mol. The monoisotopic (exact) mass is 473 g/mol. The van der Waals surface area contributed by atoms with Gasteiger partial charge in [-0.3, -0.25) is 14.4 Å². The van der Waals surface area contributed by atoms with E-state index in [2.05, 4.69) is 21.2 Å². The van der Waals surface area contributed by atoms with Gasteiger partial charge in [0.05, 0.1) is 22.4 Å². The van der Waals surface area contributed by atoms with E-state index >= 15 is 0 Å². The molecule has 7 nitrogen and oxygen atoms in total. The molecule has 1 aliphatic heterocycles. The minimum Gasteiger partial charge on any atom is -0.483 e. The number of hydrogen-bond acceptors (Lipinski definition) is 4. The summed E-state index contributed by atoms with van der Waals surface area (Å²) in [5, 5.41) is 2.82. The molecule has 3 amide bonds. The molecule has 0 bridgehead atoms. The van der Waals surface area contributed by atoms with E-state index in [9.17, 15) is 14.4 Å². The molecule has 1 aliphatic rings. The van der Waals surface area contributed by atoms with Crippen LogP contribution in [0.3, 0.4) is 0 Å². The fourth-order valence-corrected chi connectivity index (χ4v) is 3.92. The number of nitrogens with one attached hydrogen (secondary N) is 1. The molecule has 0 saturated carbocycles. The first-order valence-electron chi connectivity index (χ1n) is 9.60. The predicted molar refractivity (Wildman–Crippen MR) is 119 cm³/mol. The summed E-state index contributed by atoms with van der Waals surface area (Å²) in [6.45, 7) is 3.48. The van der Waals surface area contributed by atoms with E-state index in [0.717, 1.165) is 10.0 Å². The summed E-state index contributed by atoms with van der Waals surface area (Å²) in [6.07, 6.45) is 0.183. The van der Waals surface area contributed by atoms with E-state index in [-0.39, 0.29) is 43.3 Å². The number of rotatable bonds is 5. The summed E-state index contributed by atoms with van der Waals surface area (Å²) in [5.41, 5.74) is 2.28. The number of nitrogens with zero attached hydrogens (tertiary/aromatic N) is 2. The molecule has 8 heteroatoms. The molecule has 158 valence electrons. The number of para-hydroxylation sites is 2. The van der Waals surface area contributed by atoms with Gasteiger partial charge in [-0.05, 0) is 59.6 Å². The Balaban J connectivity index is 1.67. The highest BCUT2D eigenvalue weighted by molar-refractivity contribution is 9.10. The van der Waals surface area contributed by atoms with Crippen molar-refractivity contribution < 1.29 is 19.1 Å². The molecule has 0 unspecified atom stereocenters. The van der Waals surface area contributed by atoms with Crippen molar-refractivity contribution >= 4 is 45.0 Å². The van der Waals surface area contributed by atoms with Gasteiger partial charge in [0.15, 0.2) is 6.61 Å². The molecule has 30 heavy (non-hydrogen) atoms. The molecule has 2 aromatic carbocycles. The molecular weight excluding hydrogens is 450 g/mol. The Labute approximate surface area is 184 Å². The molecule has 2 aromatic rings. The fraction of sp³-hybridized carbons (Fsp3) is 0.318. The number of halogens is 1. The van der Waals surface area contributed by atoms with Crippen molar-refractivity contribution in [2.75, 3.05) is 30.4 Å². The summed E-state index contributed by atoms with van der Waals surface area (Å²) in [4.78, 5) is 40.6. The molecule has 1 atom stereocenters. The van der Waals surface area contributed by atoms with Crippen molar-refractivity contribution in [2.45, 2.75) is 26.3 Å². The smallest absolute Gasteiger partial charge is 0.260 e. The number of carbonyl (C=O) groups is 3. The number of likely N-dealkylation sites (N-methyl/N-ethyl adjacent to an activating group) is 1. The van der Waals surface area contributed by atoms with Crippen molar-refractivity contribution in [3.63, 3.8) is 0 Å². The fourth-order valence-electron chi connectivity index (χ4n) is 3.31. The van der Waals surface area contributed by atoms with E-state index in [4.69, 9.17) is 4.74 Å². The average Bonchev–Trinajstić information content (AvgIpc) is 2.81.